The van der Waals surface area contributed by atoms with Crippen LogP contribution in [0, 0.1) is 0 Å². The molecule has 16 heavy (non-hydrogen) atoms. The maximum atomic E-state index is 3.87. The van der Waals surface area contributed by atoms with Gasteiger partial charge in [-0.1, -0.05) is 53.9 Å². The van der Waals surface area contributed by atoms with E-state index in [0.29, 0.717) is 0 Å². The van der Waals surface area contributed by atoms with Crippen LogP contribution in [0.5, 0.6) is 0 Å². The molecular formula is C13H32N2Si. The van der Waals surface area contributed by atoms with Gasteiger partial charge in [-0.25, -0.2) is 0 Å². The molecule has 2 atom stereocenters. The monoisotopic (exact) mass is 244 g/mol. The lowest BCUT2D eigenvalue weighted by Crippen LogP contribution is -2.44. The minimum absolute atomic E-state index is 0.721. The fourth-order valence-electron chi connectivity index (χ4n) is 1.99. The molecule has 2 unspecified atom stereocenters. The van der Waals surface area contributed by atoms with Crippen molar-refractivity contribution in [1.29, 1.82) is 0 Å². The average molecular weight is 244 g/mol. The lowest BCUT2D eigenvalue weighted by molar-refractivity contribution is 0.299. The molecule has 0 aromatic carbocycles. The molecule has 2 nitrogen and oxygen atoms in total. The summed E-state index contributed by atoms with van der Waals surface area (Å²) in [5.41, 5.74) is 0.933. The van der Waals surface area contributed by atoms with E-state index in [1.165, 1.54) is 38.4 Å². The predicted octanol–water partition coefficient (Wildman–Crippen LogP) is 3.20. The second kappa shape index (κ2) is 10.3. The van der Waals surface area contributed by atoms with Gasteiger partial charge in [0.2, 0.25) is 0 Å². The molecule has 0 amide bonds. The van der Waals surface area contributed by atoms with Crippen LogP contribution in [-0.2, 0) is 0 Å². The first-order chi connectivity index (χ1) is 7.69. The topological polar surface area (TPSA) is 15.3 Å². The first kappa shape index (κ1) is 16.1. The van der Waals surface area contributed by atoms with Gasteiger partial charge in [-0.3, -0.25) is 4.90 Å². The number of hydrogen-bond acceptors (Lipinski definition) is 2. The maximum absolute atomic E-state index is 3.87. The van der Waals surface area contributed by atoms with Crippen LogP contribution in [0.25, 0.3) is 0 Å². The van der Waals surface area contributed by atoms with Gasteiger partial charge < -0.3 is 4.98 Å². The minimum Gasteiger partial charge on any atom is -0.327 e. The fraction of sp³-hybridized carbons (Fsp3) is 1.00. The summed E-state index contributed by atoms with van der Waals surface area (Å²) in [6.45, 7) is 15.0. The van der Waals surface area contributed by atoms with Crippen LogP contribution in [0.4, 0.5) is 0 Å². The Morgan fingerprint density at radius 1 is 1.12 bits per heavy atom. The average Bonchev–Trinajstić information content (AvgIpc) is 2.33. The molecule has 0 saturated heterocycles. The zero-order valence-electron chi connectivity index (χ0n) is 12.1. The van der Waals surface area contributed by atoms with Gasteiger partial charge in [0.05, 0.1) is 0 Å². The van der Waals surface area contributed by atoms with Crippen molar-refractivity contribution in [3.63, 3.8) is 0 Å². The van der Waals surface area contributed by atoms with Gasteiger partial charge in [0, 0.05) is 6.67 Å². The second-order valence-corrected chi connectivity index (χ2v) is 8.14. The molecule has 0 saturated carbocycles. The fourth-order valence-corrected chi connectivity index (χ4v) is 5.08. The number of nitrogens with zero attached hydrogens (tertiary/aromatic N) is 1. The normalized spacial score (nSPS) is 15.4. The van der Waals surface area contributed by atoms with Crippen LogP contribution in [-0.4, -0.2) is 33.6 Å². The van der Waals surface area contributed by atoms with Gasteiger partial charge >= 0.3 is 0 Å². The van der Waals surface area contributed by atoms with Crippen molar-refractivity contribution in [2.75, 3.05) is 19.8 Å². The van der Waals surface area contributed by atoms with E-state index in [1.807, 2.05) is 0 Å². The Kier molecular flexibility index (Phi) is 10.4. The molecule has 0 bridgehead atoms. The van der Waals surface area contributed by atoms with Crippen molar-refractivity contribution in [1.82, 2.24) is 9.88 Å². The Hall–Kier alpha value is 0.137. The van der Waals surface area contributed by atoms with Crippen LogP contribution in [0.1, 0.15) is 53.9 Å². The third-order valence-corrected chi connectivity index (χ3v) is 7.25. The summed E-state index contributed by atoms with van der Waals surface area (Å²) < 4.78 is 0. The largest absolute Gasteiger partial charge is 0.327 e. The molecule has 0 aliphatic carbocycles. The van der Waals surface area contributed by atoms with E-state index in [-0.39, 0.29) is 0 Å². The van der Waals surface area contributed by atoms with Gasteiger partial charge in [-0.05, 0) is 24.7 Å². The number of nitrogens with one attached hydrogen (secondary N) is 1. The van der Waals surface area contributed by atoms with Gasteiger partial charge in [-0.2, -0.15) is 0 Å². The maximum Gasteiger partial charge on any atom is 0.112 e. The molecule has 0 rings (SSSR count). The van der Waals surface area contributed by atoms with Crippen LogP contribution < -0.4 is 4.98 Å². The Morgan fingerprint density at radius 3 is 2.19 bits per heavy atom. The van der Waals surface area contributed by atoms with Gasteiger partial charge in [0.1, 0.15) is 8.96 Å². The van der Waals surface area contributed by atoms with Crippen molar-refractivity contribution >= 4 is 8.96 Å². The molecular weight excluding hydrogens is 212 g/mol. The molecule has 0 spiro atoms. The smallest absolute Gasteiger partial charge is 0.112 e. The van der Waals surface area contributed by atoms with Crippen molar-refractivity contribution in [2.45, 2.75) is 65.5 Å². The molecule has 98 valence electrons. The lowest BCUT2D eigenvalue weighted by Gasteiger charge is -2.27. The van der Waals surface area contributed by atoms with E-state index in [1.54, 1.807) is 0 Å². The van der Waals surface area contributed by atoms with Crippen LogP contribution in [0.15, 0.2) is 0 Å². The molecule has 0 heterocycles. The highest BCUT2D eigenvalue weighted by atomic mass is 28.3. The van der Waals surface area contributed by atoms with E-state index in [0.717, 1.165) is 12.2 Å². The Balaban J connectivity index is 3.99. The van der Waals surface area contributed by atoms with Crippen molar-refractivity contribution < 1.29 is 0 Å². The predicted molar refractivity (Wildman–Crippen MR) is 77.5 cm³/mol. The summed E-state index contributed by atoms with van der Waals surface area (Å²) in [6.07, 6.45) is 4.09. The van der Waals surface area contributed by atoms with Crippen molar-refractivity contribution in [3.05, 3.63) is 0 Å². The van der Waals surface area contributed by atoms with Crippen LogP contribution >= 0.6 is 0 Å². The summed E-state index contributed by atoms with van der Waals surface area (Å²) in [7, 11) is -0.721. The van der Waals surface area contributed by atoms with Gasteiger partial charge in [0.15, 0.2) is 0 Å². The molecule has 3 heteroatoms. The highest BCUT2D eigenvalue weighted by Gasteiger charge is 2.17. The standard InChI is InChI=1S/C13H32N2Si/c1-6-10-11-16(13(5)7-2)14-12-15(8-3)9-4/h13-14,16H,6-12H2,1-5H3. The molecule has 0 aromatic heterocycles. The summed E-state index contributed by atoms with van der Waals surface area (Å²) in [5, 5.41) is 0. The Labute approximate surface area is 104 Å². The van der Waals surface area contributed by atoms with E-state index in [4.69, 9.17) is 0 Å². The van der Waals surface area contributed by atoms with E-state index in [2.05, 4.69) is 44.5 Å². The van der Waals surface area contributed by atoms with Crippen LogP contribution in [0.3, 0.4) is 0 Å². The number of rotatable bonds is 10. The van der Waals surface area contributed by atoms with E-state index >= 15 is 0 Å². The SMILES string of the molecule is CCCC[SiH](NCN(CC)CC)C(C)CC. The lowest BCUT2D eigenvalue weighted by atomic mass is 10.4. The third kappa shape index (κ3) is 6.66. The summed E-state index contributed by atoms with van der Waals surface area (Å²) in [5.74, 6) is 0. The summed E-state index contributed by atoms with van der Waals surface area (Å²) >= 11 is 0. The quantitative estimate of drug-likeness (QED) is 0.469. The molecule has 0 fully saturated rings. The van der Waals surface area contributed by atoms with E-state index < -0.39 is 8.96 Å². The molecule has 1 N–H and O–H groups in total. The second-order valence-electron chi connectivity index (χ2n) is 4.80. The Bertz CT molecular complexity index is 149. The molecule has 0 aliphatic heterocycles. The zero-order chi connectivity index (χ0) is 12.4. The summed E-state index contributed by atoms with van der Waals surface area (Å²) in [4.78, 5) is 6.35. The van der Waals surface area contributed by atoms with E-state index in [9.17, 15) is 0 Å². The van der Waals surface area contributed by atoms with Crippen molar-refractivity contribution in [2.24, 2.45) is 0 Å². The Morgan fingerprint density at radius 2 is 1.75 bits per heavy atom. The number of hydrogen-bond donors (Lipinski definition) is 1. The number of unbranched alkanes of at least 4 members (excludes halogenated alkanes) is 1. The minimum atomic E-state index is -0.721. The first-order valence-corrected chi connectivity index (χ1v) is 9.21. The van der Waals surface area contributed by atoms with Crippen LogP contribution in [0.2, 0.25) is 11.6 Å². The highest BCUT2D eigenvalue weighted by Crippen LogP contribution is 2.17. The highest BCUT2D eigenvalue weighted by molar-refractivity contribution is 6.57. The first-order valence-electron chi connectivity index (χ1n) is 7.15. The molecule has 0 radical (unpaired) electrons. The van der Waals surface area contributed by atoms with Crippen molar-refractivity contribution in [3.8, 4) is 0 Å². The molecule has 0 aromatic rings. The molecule has 0 aliphatic rings. The van der Waals surface area contributed by atoms with Gasteiger partial charge in [0.25, 0.3) is 0 Å². The summed E-state index contributed by atoms with van der Waals surface area (Å²) in [6, 6.07) is 1.47. The third-order valence-electron chi connectivity index (χ3n) is 3.67. The zero-order valence-corrected chi connectivity index (χ0v) is 13.2. The van der Waals surface area contributed by atoms with Gasteiger partial charge in [-0.15, -0.1) is 0 Å².